The third-order valence-corrected chi connectivity index (χ3v) is 6.93. The van der Waals surface area contributed by atoms with Crippen LogP contribution in [0.15, 0.2) is 56.2 Å². The van der Waals surface area contributed by atoms with E-state index in [2.05, 4.69) is 19.7 Å². The summed E-state index contributed by atoms with van der Waals surface area (Å²) < 4.78 is 27.3. The van der Waals surface area contributed by atoms with Gasteiger partial charge in [0.2, 0.25) is 0 Å². The molecule has 0 bridgehead atoms. The summed E-state index contributed by atoms with van der Waals surface area (Å²) in [7, 11) is 0. The van der Waals surface area contributed by atoms with Crippen LogP contribution < -0.4 is 9.47 Å². The average Bonchev–Trinajstić information content (AvgIpc) is 3.04. The summed E-state index contributed by atoms with van der Waals surface area (Å²) in [6, 6.07) is 5.19. The molecule has 0 unspecified atom stereocenters. The standard InChI is InChI=1S/C36H54O8/c1-4-25-44-36(39)31-23-24-32(40-26-19-15-11-7-9-13-17-21-28-42-34(37)5-2)33(30-31)41-27-20-16-12-8-10-14-18-22-29-43-35(38)6-3/h4-6,23-24,30H,1-3,7-22,25-29H2. The molecule has 0 aromatic heterocycles. The van der Waals surface area contributed by atoms with E-state index in [0.29, 0.717) is 43.5 Å². The molecule has 1 aromatic carbocycles. The van der Waals surface area contributed by atoms with E-state index < -0.39 is 5.97 Å². The molecular weight excluding hydrogens is 560 g/mol. The van der Waals surface area contributed by atoms with Gasteiger partial charge in [-0.3, -0.25) is 0 Å². The smallest absolute Gasteiger partial charge is 0.338 e. The van der Waals surface area contributed by atoms with Crippen molar-refractivity contribution in [1.29, 1.82) is 0 Å². The minimum atomic E-state index is -0.419. The van der Waals surface area contributed by atoms with E-state index in [1.807, 2.05) is 0 Å². The van der Waals surface area contributed by atoms with Crippen molar-refractivity contribution in [2.45, 2.75) is 103 Å². The van der Waals surface area contributed by atoms with Crippen LogP contribution >= 0.6 is 0 Å². The first-order chi connectivity index (χ1) is 21.5. The molecule has 246 valence electrons. The Bertz CT molecular complexity index is 971. The SMILES string of the molecule is C=CCOC(=O)c1ccc(OCCCCCCCCCCOC(=O)C=C)c(OCCCCCCCCCCOC(=O)C=C)c1. The predicted octanol–water partition coefficient (Wildman–Crippen LogP) is 8.49. The van der Waals surface area contributed by atoms with Gasteiger partial charge in [-0.05, 0) is 43.9 Å². The van der Waals surface area contributed by atoms with Crippen molar-refractivity contribution in [3.63, 3.8) is 0 Å². The molecule has 0 saturated heterocycles. The predicted molar refractivity (Wildman–Crippen MR) is 174 cm³/mol. The van der Waals surface area contributed by atoms with Crippen molar-refractivity contribution in [2.24, 2.45) is 0 Å². The number of rotatable bonds is 29. The molecule has 0 N–H and O–H groups in total. The molecule has 0 saturated carbocycles. The Balaban J connectivity index is 2.29. The average molecular weight is 615 g/mol. The largest absolute Gasteiger partial charge is 0.490 e. The van der Waals surface area contributed by atoms with Crippen LogP contribution in [0.25, 0.3) is 0 Å². The zero-order valence-electron chi connectivity index (χ0n) is 26.7. The van der Waals surface area contributed by atoms with Crippen LogP contribution in [-0.2, 0) is 23.8 Å². The van der Waals surface area contributed by atoms with Gasteiger partial charge in [-0.15, -0.1) is 0 Å². The lowest BCUT2D eigenvalue weighted by Crippen LogP contribution is -2.07. The van der Waals surface area contributed by atoms with Crippen LogP contribution in [0.4, 0.5) is 0 Å². The number of esters is 3. The lowest BCUT2D eigenvalue weighted by molar-refractivity contribution is -0.138. The van der Waals surface area contributed by atoms with Gasteiger partial charge in [0.05, 0.1) is 32.0 Å². The molecular formula is C36H54O8. The van der Waals surface area contributed by atoms with Crippen molar-refractivity contribution < 1.29 is 38.1 Å². The number of hydrogen-bond acceptors (Lipinski definition) is 8. The third kappa shape index (κ3) is 20.4. The topological polar surface area (TPSA) is 97.4 Å². The zero-order chi connectivity index (χ0) is 32.1. The van der Waals surface area contributed by atoms with E-state index in [-0.39, 0.29) is 18.5 Å². The second-order valence-electron chi connectivity index (χ2n) is 10.6. The fraction of sp³-hybridized carbons (Fsp3) is 0.583. The highest BCUT2D eigenvalue weighted by Crippen LogP contribution is 2.29. The quantitative estimate of drug-likeness (QED) is 0.0291. The second kappa shape index (κ2) is 27.0. The Morgan fingerprint density at radius 3 is 1.36 bits per heavy atom. The number of carbonyl (C=O) groups is 3. The lowest BCUT2D eigenvalue weighted by Gasteiger charge is -2.14. The number of carbonyl (C=O) groups excluding carboxylic acids is 3. The Labute approximate surface area is 264 Å². The van der Waals surface area contributed by atoms with Crippen molar-refractivity contribution in [2.75, 3.05) is 33.0 Å². The Morgan fingerprint density at radius 1 is 0.523 bits per heavy atom. The highest BCUT2D eigenvalue weighted by molar-refractivity contribution is 5.90. The van der Waals surface area contributed by atoms with E-state index >= 15 is 0 Å². The first-order valence-corrected chi connectivity index (χ1v) is 16.3. The summed E-state index contributed by atoms with van der Waals surface area (Å²) in [5, 5.41) is 0. The molecule has 44 heavy (non-hydrogen) atoms. The Morgan fingerprint density at radius 2 is 0.932 bits per heavy atom. The van der Waals surface area contributed by atoms with E-state index in [9.17, 15) is 14.4 Å². The normalized spacial score (nSPS) is 10.5. The molecule has 0 atom stereocenters. The molecule has 1 aromatic rings. The highest BCUT2D eigenvalue weighted by atomic mass is 16.5. The molecule has 0 fully saturated rings. The Hall–Kier alpha value is -3.55. The van der Waals surface area contributed by atoms with Crippen molar-refractivity contribution >= 4 is 17.9 Å². The van der Waals surface area contributed by atoms with E-state index in [1.54, 1.807) is 18.2 Å². The summed E-state index contributed by atoms with van der Waals surface area (Å²) in [5.41, 5.74) is 0.423. The van der Waals surface area contributed by atoms with Crippen LogP contribution in [-0.4, -0.2) is 50.9 Å². The maximum atomic E-state index is 12.4. The molecule has 0 aliphatic heterocycles. The van der Waals surface area contributed by atoms with Gasteiger partial charge in [-0.25, -0.2) is 14.4 Å². The molecule has 8 nitrogen and oxygen atoms in total. The minimum absolute atomic E-state index is 0.154. The molecule has 8 heteroatoms. The highest BCUT2D eigenvalue weighted by Gasteiger charge is 2.13. The van der Waals surface area contributed by atoms with E-state index in [1.165, 1.54) is 37.5 Å². The molecule has 0 heterocycles. The van der Waals surface area contributed by atoms with Crippen LogP contribution in [0.3, 0.4) is 0 Å². The fourth-order valence-electron chi connectivity index (χ4n) is 4.44. The molecule has 0 aliphatic carbocycles. The van der Waals surface area contributed by atoms with Gasteiger partial charge in [-0.2, -0.15) is 0 Å². The van der Waals surface area contributed by atoms with Crippen LogP contribution in [0.5, 0.6) is 11.5 Å². The van der Waals surface area contributed by atoms with Crippen molar-refractivity contribution in [3.8, 4) is 11.5 Å². The molecule has 0 radical (unpaired) electrons. The first kappa shape index (κ1) is 38.5. The maximum absolute atomic E-state index is 12.4. The summed E-state index contributed by atoms with van der Waals surface area (Å²) >= 11 is 0. The van der Waals surface area contributed by atoms with E-state index in [4.69, 9.17) is 23.7 Å². The number of hydrogen-bond donors (Lipinski definition) is 0. The van der Waals surface area contributed by atoms with Gasteiger partial charge in [0.25, 0.3) is 0 Å². The van der Waals surface area contributed by atoms with Crippen LogP contribution in [0.2, 0.25) is 0 Å². The van der Waals surface area contributed by atoms with Gasteiger partial charge in [0.1, 0.15) is 6.61 Å². The van der Waals surface area contributed by atoms with Crippen molar-refractivity contribution in [1.82, 2.24) is 0 Å². The second-order valence-corrected chi connectivity index (χ2v) is 10.6. The summed E-state index contributed by atoms with van der Waals surface area (Å²) in [4.78, 5) is 34.4. The maximum Gasteiger partial charge on any atom is 0.338 e. The monoisotopic (exact) mass is 614 g/mol. The van der Waals surface area contributed by atoms with Crippen molar-refractivity contribution in [3.05, 3.63) is 61.7 Å². The van der Waals surface area contributed by atoms with Crippen LogP contribution in [0, 0.1) is 0 Å². The fourth-order valence-corrected chi connectivity index (χ4v) is 4.44. The van der Waals surface area contributed by atoms with Gasteiger partial charge in [0, 0.05) is 12.2 Å². The van der Waals surface area contributed by atoms with Gasteiger partial charge in [-0.1, -0.05) is 103 Å². The van der Waals surface area contributed by atoms with Gasteiger partial charge >= 0.3 is 17.9 Å². The summed E-state index contributed by atoms with van der Waals surface area (Å²) in [5.74, 6) is 0.0710. The zero-order valence-corrected chi connectivity index (χ0v) is 26.7. The number of unbranched alkanes of at least 4 members (excludes halogenated alkanes) is 14. The molecule has 0 amide bonds. The number of ether oxygens (including phenoxy) is 5. The minimum Gasteiger partial charge on any atom is -0.490 e. The van der Waals surface area contributed by atoms with Crippen LogP contribution in [0.1, 0.15) is 113 Å². The summed E-state index contributed by atoms with van der Waals surface area (Å²) in [6.45, 7) is 12.6. The van der Waals surface area contributed by atoms with E-state index in [0.717, 1.165) is 83.5 Å². The Kier molecular flexibility index (Phi) is 23.6. The third-order valence-electron chi connectivity index (χ3n) is 6.93. The first-order valence-electron chi connectivity index (χ1n) is 16.3. The molecule has 1 rings (SSSR count). The lowest BCUT2D eigenvalue weighted by atomic mass is 10.1. The molecule has 0 spiro atoms. The molecule has 0 aliphatic rings. The number of benzene rings is 1. The summed E-state index contributed by atoms with van der Waals surface area (Å²) in [6.07, 6.45) is 21.1. The van der Waals surface area contributed by atoms with Gasteiger partial charge in [0.15, 0.2) is 11.5 Å². The van der Waals surface area contributed by atoms with Gasteiger partial charge < -0.3 is 23.7 Å².